The van der Waals surface area contributed by atoms with Crippen molar-refractivity contribution in [3.8, 4) is 0 Å². The van der Waals surface area contributed by atoms with Crippen molar-refractivity contribution in [2.24, 2.45) is 5.92 Å². The number of amides is 1. The van der Waals surface area contributed by atoms with Crippen molar-refractivity contribution in [2.45, 2.75) is 39.3 Å². The van der Waals surface area contributed by atoms with Crippen molar-refractivity contribution in [1.29, 1.82) is 0 Å². The SMILES string of the molecule is Cc1ccccc1[C@@H]1CN(Cc2ccc(Cl)cc2)C[C@H]1CN(C(=O)c1ccccc1)C(C)C. The fraction of sp³-hybridized carbons (Fsp3) is 0.345. The molecule has 1 amide bonds. The van der Waals surface area contributed by atoms with E-state index in [2.05, 4.69) is 67.0 Å². The van der Waals surface area contributed by atoms with Gasteiger partial charge < -0.3 is 4.90 Å². The molecule has 1 heterocycles. The third-order valence-corrected chi connectivity index (χ3v) is 7.01. The van der Waals surface area contributed by atoms with E-state index in [4.69, 9.17) is 11.6 Å². The van der Waals surface area contributed by atoms with E-state index in [1.165, 1.54) is 16.7 Å². The molecule has 3 aromatic rings. The van der Waals surface area contributed by atoms with Crippen molar-refractivity contribution in [1.82, 2.24) is 9.80 Å². The van der Waals surface area contributed by atoms with Crippen LogP contribution in [0.4, 0.5) is 0 Å². The Morgan fingerprint density at radius 2 is 1.64 bits per heavy atom. The molecule has 0 bridgehead atoms. The molecule has 0 spiro atoms. The van der Waals surface area contributed by atoms with E-state index in [9.17, 15) is 4.79 Å². The van der Waals surface area contributed by atoms with E-state index in [1.54, 1.807) is 0 Å². The largest absolute Gasteiger partial charge is 0.336 e. The summed E-state index contributed by atoms with van der Waals surface area (Å²) in [7, 11) is 0. The maximum Gasteiger partial charge on any atom is 0.254 e. The van der Waals surface area contributed by atoms with Crippen LogP contribution in [0, 0.1) is 12.8 Å². The van der Waals surface area contributed by atoms with Gasteiger partial charge in [0.05, 0.1) is 0 Å². The third-order valence-electron chi connectivity index (χ3n) is 6.76. The van der Waals surface area contributed by atoms with Gasteiger partial charge in [-0.1, -0.05) is 66.2 Å². The first-order valence-corrected chi connectivity index (χ1v) is 12.2. The molecule has 0 N–H and O–H groups in total. The molecule has 0 unspecified atom stereocenters. The number of hydrogen-bond acceptors (Lipinski definition) is 2. The normalized spacial score (nSPS) is 18.6. The molecule has 4 rings (SSSR count). The lowest BCUT2D eigenvalue weighted by molar-refractivity contribution is 0.0668. The number of rotatable bonds is 7. The molecule has 4 heteroatoms. The van der Waals surface area contributed by atoms with E-state index in [0.29, 0.717) is 11.8 Å². The second-order valence-electron chi connectivity index (χ2n) is 9.46. The fourth-order valence-electron chi connectivity index (χ4n) is 5.01. The smallest absolute Gasteiger partial charge is 0.254 e. The molecule has 0 radical (unpaired) electrons. The maximum atomic E-state index is 13.4. The van der Waals surface area contributed by atoms with Gasteiger partial charge in [0.2, 0.25) is 0 Å². The summed E-state index contributed by atoms with van der Waals surface area (Å²) >= 11 is 6.09. The van der Waals surface area contributed by atoms with E-state index in [0.717, 1.165) is 36.8 Å². The first kappa shape index (κ1) is 23.5. The van der Waals surface area contributed by atoms with Crippen LogP contribution in [0.25, 0.3) is 0 Å². The van der Waals surface area contributed by atoms with Crippen molar-refractivity contribution >= 4 is 17.5 Å². The van der Waals surface area contributed by atoms with Crippen LogP contribution in [-0.4, -0.2) is 41.4 Å². The quantitative estimate of drug-likeness (QED) is 0.406. The molecule has 0 aromatic heterocycles. The van der Waals surface area contributed by atoms with Gasteiger partial charge in [-0.3, -0.25) is 9.69 Å². The number of aryl methyl sites for hydroxylation is 1. The van der Waals surface area contributed by atoms with Crippen LogP contribution < -0.4 is 0 Å². The topological polar surface area (TPSA) is 23.6 Å². The predicted molar refractivity (Wildman–Crippen MR) is 137 cm³/mol. The molecule has 1 saturated heterocycles. The first-order chi connectivity index (χ1) is 15.9. The molecular weight excluding hydrogens is 428 g/mol. The summed E-state index contributed by atoms with van der Waals surface area (Å²) in [5.41, 5.74) is 4.75. The summed E-state index contributed by atoms with van der Waals surface area (Å²) in [4.78, 5) is 18.0. The summed E-state index contributed by atoms with van der Waals surface area (Å²) in [6.07, 6.45) is 0. The van der Waals surface area contributed by atoms with Gasteiger partial charge >= 0.3 is 0 Å². The van der Waals surface area contributed by atoms with Crippen LogP contribution in [0.2, 0.25) is 5.02 Å². The first-order valence-electron chi connectivity index (χ1n) is 11.8. The van der Waals surface area contributed by atoms with E-state index >= 15 is 0 Å². The summed E-state index contributed by atoms with van der Waals surface area (Å²) < 4.78 is 0. The Morgan fingerprint density at radius 1 is 0.970 bits per heavy atom. The Morgan fingerprint density at radius 3 is 2.30 bits per heavy atom. The number of likely N-dealkylation sites (tertiary alicyclic amines) is 1. The third kappa shape index (κ3) is 5.66. The Hall–Kier alpha value is -2.62. The average molecular weight is 461 g/mol. The number of hydrogen-bond donors (Lipinski definition) is 0. The van der Waals surface area contributed by atoms with Gasteiger partial charge in [-0.2, -0.15) is 0 Å². The van der Waals surface area contributed by atoms with Gasteiger partial charge in [0.15, 0.2) is 0 Å². The predicted octanol–water partition coefficient (Wildman–Crippen LogP) is 6.41. The van der Waals surface area contributed by atoms with Crippen LogP contribution in [-0.2, 0) is 6.54 Å². The van der Waals surface area contributed by atoms with Crippen LogP contribution >= 0.6 is 11.6 Å². The van der Waals surface area contributed by atoms with E-state index in [-0.39, 0.29) is 11.9 Å². The number of carbonyl (C=O) groups excluding carboxylic acids is 1. The molecule has 0 saturated carbocycles. The zero-order chi connectivity index (χ0) is 23.4. The average Bonchev–Trinajstić information content (AvgIpc) is 3.21. The molecule has 2 atom stereocenters. The lowest BCUT2D eigenvalue weighted by atomic mass is 9.86. The summed E-state index contributed by atoms with van der Waals surface area (Å²) in [5, 5.41) is 0.767. The van der Waals surface area contributed by atoms with Crippen molar-refractivity contribution < 1.29 is 4.79 Å². The van der Waals surface area contributed by atoms with E-state index in [1.807, 2.05) is 42.5 Å². The van der Waals surface area contributed by atoms with Crippen LogP contribution in [0.15, 0.2) is 78.9 Å². The molecular formula is C29H33ClN2O. The highest BCUT2D eigenvalue weighted by Gasteiger charge is 2.37. The number of carbonyl (C=O) groups is 1. The minimum atomic E-state index is 0.116. The zero-order valence-corrected chi connectivity index (χ0v) is 20.5. The Balaban J connectivity index is 1.58. The Labute approximate surface area is 203 Å². The lowest BCUT2D eigenvalue weighted by Gasteiger charge is -2.32. The molecule has 1 aliphatic rings. The number of nitrogens with zero attached hydrogens (tertiary/aromatic N) is 2. The van der Waals surface area contributed by atoms with Gasteiger partial charge in [-0.05, 0) is 67.6 Å². The Kier molecular flexibility index (Phi) is 7.52. The highest BCUT2D eigenvalue weighted by atomic mass is 35.5. The monoisotopic (exact) mass is 460 g/mol. The molecule has 3 aromatic carbocycles. The highest BCUT2D eigenvalue weighted by Crippen LogP contribution is 2.36. The van der Waals surface area contributed by atoms with Crippen LogP contribution in [0.3, 0.4) is 0 Å². The van der Waals surface area contributed by atoms with E-state index < -0.39 is 0 Å². The molecule has 0 aliphatic carbocycles. The lowest BCUT2D eigenvalue weighted by Crippen LogP contribution is -2.42. The van der Waals surface area contributed by atoms with Crippen LogP contribution in [0.5, 0.6) is 0 Å². The maximum absolute atomic E-state index is 13.4. The van der Waals surface area contributed by atoms with Crippen molar-refractivity contribution in [3.63, 3.8) is 0 Å². The van der Waals surface area contributed by atoms with Crippen molar-refractivity contribution in [3.05, 3.63) is 106 Å². The van der Waals surface area contributed by atoms with Gasteiger partial charge in [0.1, 0.15) is 0 Å². The molecule has 172 valence electrons. The number of halogens is 1. The highest BCUT2D eigenvalue weighted by molar-refractivity contribution is 6.30. The minimum Gasteiger partial charge on any atom is -0.336 e. The standard InChI is InChI=1S/C29H33ClN2O/c1-21(2)32(29(33)24-10-5-4-6-11-24)19-25-18-31(17-23-13-15-26(30)16-14-23)20-28(25)27-12-8-7-9-22(27)3/h4-16,21,25,28H,17-20H2,1-3H3/t25-,28+/m0/s1. The summed E-state index contributed by atoms with van der Waals surface area (Å²) in [5.74, 6) is 0.877. The zero-order valence-electron chi connectivity index (χ0n) is 19.7. The molecule has 1 aliphatic heterocycles. The molecule has 1 fully saturated rings. The number of benzene rings is 3. The van der Waals surface area contributed by atoms with Gasteiger partial charge in [-0.15, -0.1) is 0 Å². The fourth-order valence-corrected chi connectivity index (χ4v) is 5.13. The second-order valence-corrected chi connectivity index (χ2v) is 9.90. The van der Waals surface area contributed by atoms with Gasteiger partial charge in [0.25, 0.3) is 5.91 Å². The van der Waals surface area contributed by atoms with Crippen molar-refractivity contribution in [2.75, 3.05) is 19.6 Å². The van der Waals surface area contributed by atoms with Gasteiger partial charge in [-0.25, -0.2) is 0 Å². The Bertz CT molecular complexity index is 1060. The van der Waals surface area contributed by atoms with Gasteiger partial charge in [0, 0.05) is 48.7 Å². The molecule has 3 nitrogen and oxygen atoms in total. The summed E-state index contributed by atoms with van der Waals surface area (Å²) in [6, 6.07) is 26.6. The summed E-state index contributed by atoms with van der Waals surface area (Å²) in [6.45, 7) is 10.0. The van der Waals surface area contributed by atoms with Crippen LogP contribution in [0.1, 0.15) is 46.8 Å². The second kappa shape index (κ2) is 10.5. The minimum absolute atomic E-state index is 0.116. The molecule has 33 heavy (non-hydrogen) atoms.